The fraction of sp³-hybridized carbons (Fsp3) is 0.368. The van der Waals surface area contributed by atoms with E-state index in [-0.39, 0.29) is 10.6 Å². The molecule has 0 bridgehead atoms. The molecule has 0 aromatic heterocycles. The first-order valence-corrected chi connectivity index (χ1v) is 10.0. The van der Waals surface area contributed by atoms with Gasteiger partial charge in [-0.15, -0.1) is 0 Å². The van der Waals surface area contributed by atoms with Gasteiger partial charge in [-0.1, -0.05) is 6.07 Å². The van der Waals surface area contributed by atoms with E-state index in [1.165, 1.54) is 20.3 Å². The number of ether oxygens (including phenoxy) is 2. The lowest BCUT2D eigenvalue weighted by atomic mass is 10.2. The summed E-state index contributed by atoms with van der Waals surface area (Å²) in [5.41, 5.74) is 2.48. The van der Waals surface area contributed by atoms with E-state index in [1.54, 1.807) is 12.1 Å². The smallest absolute Gasteiger partial charge is 0.265 e. The molecule has 0 unspecified atom stereocenters. The summed E-state index contributed by atoms with van der Waals surface area (Å²) in [5.74, 6) is 0.776. The number of nitrogens with zero attached hydrogens (tertiary/aromatic N) is 1. The van der Waals surface area contributed by atoms with E-state index in [9.17, 15) is 8.42 Å². The normalized spacial score (nSPS) is 14.3. The molecule has 1 heterocycles. The third-order valence-electron chi connectivity index (χ3n) is 4.60. The van der Waals surface area contributed by atoms with Crippen LogP contribution >= 0.6 is 0 Å². The first-order chi connectivity index (χ1) is 12.4. The highest BCUT2D eigenvalue weighted by molar-refractivity contribution is 7.92. The maximum atomic E-state index is 12.9. The summed E-state index contributed by atoms with van der Waals surface area (Å²) in [4.78, 5) is 2.34. The highest BCUT2D eigenvalue weighted by Gasteiger charge is 2.22. The standard InChI is InChI=1S/C19H24N2O4S/c1-14-6-7-15(21-10-4-5-11-21)12-17(14)20-26(22,23)19-9-8-16(24-2)13-18(19)25-3/h6-9,12-13,20H,4-5,10-11H2,1-3H3. The van der Waals surface area contributed by atoms with Crippen LogP contribution in [0.15, 0.2) is 41.3 Å². The number of hydrogen-bond donors (Lipinski definition) is 1. The lowest BCUT2D eigenvalue weighted by molar-refractivity contribution is 0.386. The summed E-state index contributed by atoms with van der Waals surface area (Å²) in [6.45, 7) is 3.89. The summed E-state index contributed by atoms with van der Waals surface area (Å²) in [7, 11) is -0.833. The summed E-state index contributed by atoms with van der Waals surface area (Å²) in [6.07, 6.45) is 2.33. The summed E-state index contributed by atoms with van der Waals surface area (Å²) in [5, 5.41) is 0. The molecule has 0 amide bonds. The third-order valence-corrected chi connectivity index (χ3v) is 6.00. The number of rotatable bonds is 6. The van der Waals surface area contributed by atoms with Crippen LogP contribution in [-0.2, 0) is 10.0 Å². The van der Waals surface area contributed by atoms with Crippen molar-refractivity contribution in [2.24, 2.45) is 0 Å². The Hall–Kier alpha value is -2.41. The van der Waals surface area contributed by atoms with E-state index in [4.69, 9.17) is 9.47 Å². The molecule has 1 fully saturated rings. The van der Waals surface area contributed by atoms with Crippen molar-refractivity contribution < 1.29 is 17.9 Å². The fourth-order valence-corrected chi connectivity index (χ4v) is 4.36. The van der Waals surface area contributed by atoms with Gasteiger partial charge < -0.3 is 14.4 Å². The van der Waals surface area contributed by atoms with Gasteiger partial charge in [0.15, 0.2) is 0 Å². The number of benzene rings is 2. The van der Waals surface area contributed by atoms with E-state index >= 15 is 0 Å². The van der Waals surface area contributed by atoms with Crippen LogP contribution < -0.4 is 19.1 Å². The van der Waals surface area contributed by atoms with Crippen molar-refractivity contribution in [1.29, 1.82) is 0 Å². The van der Waals surface area contributed by atoms with Gasteiger partial charge in [0, 0.05) is 24.8 Å². The molecule has 26 heavy (non-hydrogen) atoms. The highest BCUT2D eigenvalue weighted by atomic mass is 32.2. The molecule has 0 saturated carbocycles. The zero-order valence-electron chi connectivity index (χ0n) is 15.3. The van der Waals surface area contributed by atoms with Crippen LogP contribution in [0.5, 0.6) is 11.5 Å². The van der Waals surface area contributed by atoms with Gasteiger partial charge in [0.05, 0.1) is 19.9 Å². The van der Waals surface area contributed by atoms with Crippen molar-refractivity contribution in [3.05, 3.63) is 42.0 Å². The molecule has 2 aromatic rings. The lowest BCUT2D eigenvalue weighted by Crippen LogP contribution is -2.19. The molecule has 7 heteroatoms. The third kappa shape index (κ3) is 3.72. The van der Waals surface area contributed by atoms with E-state index in [2.05, 4.69) is 9.62 Å². The largest absolute Gasteiger partial charge is 0.497 e. The Morgan fingerprint density at radius 2 is 1.73 bits per heavy atom. The Morgan fingerprint density at radius 1 is 1.00 bits per heavy atom. The van der Waals surface area contributed by atoms with Gasteiger partial charge in [0.1, 0.15) is 16.4 Å². The minimum Gasteiger partial charge on any atom is -0.497 e. The zero-order chi connectivity index (χ0) is 18.7. The van der Waals surface area contributed by atoms with Crippen molar-refractivity contribution in [3.8, 4) is 11.5 Å². The molecule has 1 aliphatic heterocycles. The molecule has 1 aliphatic rings. The Balaban J connectivity index is 1.93. The fourth-order valence-electron chi connectivity index (χ4n) is 3.09. The molecule has 140 valence electrons. The second kappa shape index (κ2) is 7.45. The second-order valence-electron chi connectivity index (χ2n) is 6.32. The van der Waals surface area contributed by atoms with Crippen molar-refractivity contribution in [3.63, 3.8) is 0 Å². The molecular formula is C19H24N2O4S. The predicted molar refractivity (Wildman–Crippen MR) is 103 cm³/mol. The molecule has 1 saturated heterocycles. The second-order valence-corrected chi connectivity index (χ2v) is 7.97. The van der Waals surface area contributed by atoms with E-state index in [1.807, 2.05) is 25.1 Å². The van der Waals surface area contributed by atoms with Gasteiger partial charge in [0.2, 0.25) is 0 Å². The van der Waals surface area contributed by atoms with Gasteiger partial charge in [-0.25, -0.2) is 8.42 Å². The molecule has 3 rings (SSSR count). The minimum atomic E-state index is -3.79. The van der Waals surface area contributed by atoms with Gasteiger partial charge in [-0.3, -0.25) is 4.72 Å². The number of hydrogen-bond acceptors (Lipinski definition) is 5. The van der Waals surface area contributed by atoms with Gasteiger partial charge in [0.25, 0.3) is 10.0 Å². The number of sulfonamides is 1. The zero-order valence-corrected chi connectivity index (χ0v) is 16.1. The summed E-state index contributed by atoms with van der Waals surface area (Å²) in [6, 6.07) is 10.5. The summed E-state index contributed by atoms with van der Waals surface area (Å²) >= 11 is 0. The average Bonchev–Trinajstić information content (AvgIpc) is 3.17. The van der Waals surface area contributed by atoms with E-state index in [0.29, 0.717) is 11.4 Å². The lowest BCUT2D eigenvalue weighted by Gasteiger charge is -2.20. The molecular weight excluding hydrogens is 352 g/mol. The van der Waals surface area contributed by atoms with Crippen LogP contribution in [0.25, 0.3) is 0 Å². The maximum absolute atomic E-state index is 12.9. The van der Waals surface area contributed by atoms with Gasteiger partial charge in [-0.2, -0.15) is 0 Å². The van der Waals surface area contributed by atoms with E-state index in [0.717, 1.165) is 37.2 Å². The predicted octanol–water partition coefficient (Wildman–Crippen LogP) is 3.41. The first kappa shape index (κ1) is 18.4. The Kier molecular flexibility index (Phi) is 5.27. The van der Waals surface area contributed by atoms with Crippen LogP contribution in [0.2, 0.25) is 0 Å². The maximum Gasteiger partial charge on any atom is 0.265 e. The quantitative estimate of drug-likeness (QED) is 0.837. The Labute approximate surface area is 154 Å². The first-order valence-electron chi connectivity index (χ1n) is 8.55. The number of anilines is 2. The molecule has 0 atom stereocenters. The van der Waals surface area contributed by atoms with Crippen LogP contribution in [0.1, 0.15) is 18.4 Å². The number of aryl methyl sites for hydroxylation is 1. The molecule has 2 aromatic carbocycles. The molecule has 1 N–H and O–H groups in total. The number of nitrogens with one attached hydrogen (secondary N) is 1. The van der Waals surface area contributed by atoms with Gasteiger partial charge >= 0.3 is 0 Å². The Bertz CT molecular complexity index is 890. The van der Waals surface area contributed by atoms with Crippen molar-refractivity contribution in [2.45, 2.75) is 24.7 Å². The van der Waals surface area contributed by atoms with Crippen molar-refractivity contribution in [1.82, 2.24) is 0 Å². The molecule has 0 radical (unpaired) electrons. The molecule has 6 nitrogen and oxygen atoms in total. The van der Waals surface area contributed by atoms with Crippen LogP contribution in [0.4, 0.5) is 11.4 Å². The van der Waals surface area contributed by atoms with Crippen LogP contribution in [0, 0.1) is 6.92 Å². The van der Waals surface area contributed by atoms with Crippen molar-refractivity contribution in [2.75, 3.05) is 36.9 Å². The molecule has 0 aliphatic carbocycles. The SMILES string of the molecule is COc1ccc(S(=O)(=O)Nc2cc(N3CCCC3)ccc2C)c(OC)c1. The molecule has 0 spiro atoms. The van der Waals surface area contributed by atoms with Crippen LogP contribution in [-0.4, -0.2) is 35.7 Å². The monoisotopic (exact) mass is 376 g/mol. The number of methoxy groups -OCH3 is 2. The minimum absolute atomic E-state index is 0.0757. The van der Waals surface area contributed by atoms with Crippen molar-refractivity contribution >= 4 is 21.4 Å². The van der Waals surface area contributed by atoms with E-state index < -0.39 is 10.0 Å². The Morgan fingerprint density at radius 3 is 2.38 bits per heavy atom. The topological polar surface area (TPSA) is 67.9 Å². The summed E-state index contributed by atoms with van der Waals surface area (Å²) < 4.78 is 38.9. The van der Waals surface area contributed by atoms with Crippen LogP contribution in [0.3, 0.4) is 0 Å². The van der Waals surface area contributed by atoms with Gasteiger partial charge in [-0.05, 0) is 49.6 Å². The highest BCUT2D eigenvalue weighted by Crippen LogP contribution is 2.32. The average molecular weight is 376 g/mol.